The summed E-state index contributed by atoms with van der Waals surface area (Å²) < 4.78 is 28.0. The molecule has 9 heteroatoms. The van der Waals surface area contributed by atoms with Gasteiger partial charge in [0.1, 0.15) is 0 Å². The van der Waals surface area contributed by atoms with Gasteiger partial charge in [0.15, 0.2) is 0 Å². The summed E-state index contributed by atoms with van der Waals surface area (Å²) in [6.07, 6.45) is 0. The highest BCUT2D eigenvalue weighted by Gasteiger charge is 2.18. The Hall–Kier alpha value is -3.36. The van der Waals surface area contributed by atoms with E-state index in [1.54, 1.807) is 44.4 Å². The molecule has 0 saturated carbocycles. The summed E-state index contributed by atoms with van der Waals surface area (Å²) >= 11 is 6.10. The first-order valence-corrected chi connectivity index (χ1v) is 11.4. The average molecular weight is 472 g/mol. The van der Waals surface area contributed by atoms with Gasteiger partial charge >= 0.3 is 0 Å². The number of aryl methyl sites for hydroxylation is 1. The van der Waals surface area contributed by atoms with Crippen LogP contribution in [0.15, 0.2) is 71.6 Å². The van der Waals surface area contributed by atoms with Crippen LogP contribution in [0.4, 0.5) is 11.4 Å². The van der Waals surface area contributed by atoms with Gasteiger partial charge in [0, 0.05) is 31.0 Å². The third-order valence-electron chi connectivity index (χ3n) is 4.57. The number of rotatable bonds is 6. The Balaban J connectivity index is 1.82. The molecule has 0 aromatic heterocycles. The van der Waals surface area contributed by atoms with E-state index in [9.17, 15) is 18.0 Å². The Morgan fingerprint density at radius 3 is 2.22 bits per heavy atom. The number of anilines is 2. The average Bonchev–Trinajstić information content (AvgIpc) is 2.76. The van der Waals surface area contributed by atoms with Crippen LogP contribution in [0.1, 0.15) is 26.3 Å². The zero-order chi connectivity index (χ0) is 23.5. The van der Waals surface area contributed by atoms with Crippen LogP contribution >= 0.6 is 11.6 Å². The molecule has 3 aromatic rings. The maximum Gasteiger partial charge on any atom is 0.261 e. The molecule has 0 aliphatic rings. The molecule has 7 nitrogen and oxygen atoms in total. The molecule has 0 fully saturated rings. The largest absolute Gasteiger partial charge is 0.345 e. The summed E-state index contributed by atoms with van der Waals surface area (Å²) in [6, 6.07) is 17.1. The van der Waals surface area contributed by atoms with Gasteiger partial charge in [-0.05, 0) is 55.5 Å². The van der Waals surface area contributed by atoms with E-state index in [0.29, 0.717) is 11.4 Å². The van der Waals surface area contributed by atoms with Crippen molar-refractivity contribution in [2.75, 3.05) is 24.1 Å². The van der Waals surface area contributed by atoms with Crippen LogP contribution in [0.25, 0.3) is 0 Å². The summed E-state index contributed by atoms with van der Waals surface area (Å²) in [5.41, 5.74) is 2.17. The summed E-state index contributed by atoms with van der Waals surface area (Å²) in [6.45, 7) is 1.90. The van der Waals surface area contributed by atoms with Gasteiger partial charge < -0.3 is 10.2 Å². The van der Waals surface area contributed by atoms with Crippen molar-refractivity contribution in [1.82, 2.24) is 4.90 Å². The predicted molar refractivity (Wildman–Crippen MR) is 126 cm³/mol. The van der Waals surface area contributed by atoms with Gasteiger partial charge in [-0.3, -0.25) is 14.3 Å². The first kappa shape index (κ1) is 23.3. The normalized spacial score (nSPS) is 11.0. The standard InChI is InChI=1S/C23H22ClN3O4S/c1-15-7-9-17(10-8-15)26-32(30,31)19-6-4-5-16(13-19)22(28)25-18-11-12-21(24)20(14-18)23(29)27(2)3/h4-14,26H,1-3H3,(H,25,28). The number of sulfonamides is 1. The van der Waals surface area contributed by atoms with Crippen LogP contribution in [-0.4, -0.2) is 39.2 Å². The fourth-order valence-corrected chi connectivity index (χ4v) is 4.15. The lowest BCUT2D eigenvalue weighted by Crippen LogP contribution is -2.22. The summed E-state index contributed by atoms with van der Waals surface area (Å²) in [7, 11) is -0.690. The lowest BCUT2D eigenvalue weighted by molar-refractivity contribution is 0.0827. The number of amides is 2. The molecule has 2 amide bonds. The van der Waals surface area contributed by atoms with Gasteiger partial charge in [-0.1, -0.05) is 35.4 Å². The predicted octanol–water partition coefficient (Wildman–Crippen LogP) is 4.40. The van der Waals surface area contributed by atoms with Gasteiger partial charge in [0.25, 0.3) is 21.8 Å². The zero-order valence-electron chi connectivity index (χ0n) is 17.7. The number of hydrogen-bond acceptors (Lipinski definition) is 4. The molecule has 32 heavy (non-hydrogen) atoms. The van der Waals surface area contributed by atoms with Gasteiger partial charge in [0.2, 0.25) is 0 Å². The van der Waals surface area contributed by atoms with Crippen molar-refractivity contribution in [3.63, 3.8) is 0 Å². The van der Waals surface area contributed by atoms with E-state index in [0.717, 1.165) is 5.56 Å². The Bertz CT molecular complexity index is 1270. The number of carbonyl (C=O) groups excluding carboxylic acids is 2. The molecule has 0 atom stereocenters. The molecule has 0 spiro atoms. The lowest BCUT2D eigenvalue weighted by Gasteiger charge is -2.13. The molecular formula is C23H22ClN3O4S. The second kappa shape index (κ2) is 9.42. The molecule has 0 aliphatic heterocycles. The monoisotopic (exact) mass is 471 g/mol. The van der Waals surface area contributed by atoms with Crippen molar-refractivity contribution >= 4 is 44.8 Å². The van der Waals surface area contributed by atoms with E-state index in [1.165, 1.54) is 41.3 Å². The Labute approximate surface area is 192 Å². The number of carbonyl (C=O) groups is 2. The fraction of sp³-hybridized carbons (Fsp3) is 0.130. The summed E-state index contributed by atoms with van der Waals surface area (Å²) in [4.78, 5) is 26.3. The van der Waals surface area contributed by atoms with Crippen molar-refractivity contribution < 1.29 is 18.0 Å². The van der Waals surface area contributed by atoms with Crippen LogP contribution < -0.4 is 10.0 Å². The summed E-state index contributed by atoms with van der Waals surface area (Å²) in [5, 5.41) is 2.93. The Morgan fingerprint density at radius 2 is 1.56 bits per heavy atom. The fourth-order valence-electron chi connectivity index (χ4n) is 2.85. The van der Waals surface area contributed by atoms with Crippen LogP contribution in [0.3, 0.4) is 0 Å². The lowest BCUT2D eigenvalue weighted by atomic mass is 10.1. The molecule has 0 unspecified atom stereocenters. The SMILES string of the molecule is Cc1ccc(NS(=O)(=O)c2cccc(C(=O)Nc3ccc(Cl)c(C(=O)N(C)C)c3)c2)cc1. The first-order chi connectivity index (χ1) is 15.1. The minimum atomic E-state index is -3.89. The van der Waals surface area contributed by atoms with E-state index < -0.39 is 15.9 Å². The molecule has 0 saturated heterocycles. The highest BCUT2D eigenvalue weighted by atomic mass is 35.5. The molecule has 0 bridgehead atoms. The minimum absolute atomic E-state index is 0.0506. The molecule has 3 aromatic carbocycles. The molecule has 0 heterocycles. The van der Waals surface area contributed by atoms with E-state index in [-0.39, 0.29) is 27.0 Å². The molecule has 2 N–H and O–H groups in total. The topological polar surface area (TPSA) is 95.6 Å². The molecular weight excluding hydrogens is 450 g/mol. The van der Waals surface area contributed by atoms with Crippen molar-refractivity contribution in [2.24, 2.45) is 0 Å². The van der Waals surface area contributed by atoms with Gasteiger partial charge in [-0.15, -0.1) is 0 Å². The van der Waals surface area contributed by atoms with Crippen LogP contribution in [-0.2, 0) is 10.0 Å². The smallest absolute Gasteiger partial charge is 0.261 e. The number of nitrogens with one attached hydrogen (secondary N) is 2. The second-order valence-corrected chi connectivity index (χ2v) is 9.44. The molecule has 3 rings (SSSR count). The number of hydrogen-bond donors (Lipinski definition) is 2. The van der Waals surface area contributed by atoms with Crippen LogP contribution in [0.2, 0.25) is 5.02 Å². The second-order valence-electron chi connectivity index (χ2n) is 7.35. The van der Waals surface area contributed by atoms with Crippen LogP contribution in [0.5, 0.6) is 0 Å². The first-order valence-electron chi connectivity index (χ1n) is 9.59. The van der Waals surface area contributed by atoms with Gasteiger partial charge in [-0.2, -0.15) is 0 Å². The van der Waals surface area contributed by atoms with E-state index in [2.05, 4.69) is 10.0 Å². The van der Waals surface area contributed by atoms with Crippen LogP contribution in [0, 0.1) is 6.92 Å². The number of nitrogens with zero attached hydrogens (tertiary/aromatic N) is 1. The number of benzene rings is 3. The van der Waals surface area contributed by atoms with Crippen molar-refractivity contribution in [1.29, 1.82) is 0 Å². The van der Waals surface area contributed by atoms with E-state index >= 15 is 0 Å². The minimum Gasteiger partial charge on any atom is -0.345 e. The maximum absolute atomic E-state index is 12.7. The van der Waals surface area contributed by atoms with Gasteiger partial charge in [0.05, 0.1) is 15.5 Å². The number of halogens is 1. The molecule has 0 radical (unpaired) electrons. The van der Waals surface area contributed by atoms with Crippen molar-refractivity contribution in [3.05, 3.63) is 88.4 Å². The van der Waals surface area contributed by atoms with Crippen molar-refractivity contribution in [3.8, 4) is 0 Å². The maximum atomic E-state index is 12.7. The Kier molecular flexibility index (Phi) is 6.86. The van der Waals surface area contributed by atoms with E-state index in [4.69, 9.17) is 11.6 Å². The molecule has 0 aliphatic carbocycles. The molecule has 166 valence electrons. The van der Waals surface area contributed by atoms with Gasteiger partial charge in [-0.25, -0.2) is 8.42 Å². The summed E-state index contributed by atoms with van der Waals surface area (Å²) in [5.74, 6) is -0.829. The third kappa shape index (κ3) is 5.46. The van der Waals surface area contributed by atoms with Crippen molar-refractivity contribution in [2.45, 2.75) is 11.8 Å². The zero-order valence-corrected chi connectivity index (χ0v) is 19.3. The highest BCUT2D eigenvalue weighted by molar-refractivity contribution is 7.92. The Morgan fingerprint density at radius 1 is 0.906 bits per heavy atom. The highest BCUT2D eigenvalue weighted by Crippen LogP contribution is 2.23. The quantitative estimate of drug-likeness (QED) is 0.556. The third-order valence-corrected chi connectivity index (χ3v) is 6.28. The van der Waals surface area contributed by atoms with E-state index in [1.807, 2.05) is 6.92 Å².